The highest BCUT2D eigenvalue weighted by Gasteiger charge is 2.31. The number of amides is 1. The van der Waals surface area contributed by atoms with E-state index in [1.165, 1.54) is 10.4 Å². The molecular weight excluding hydrogens is 478 g/mol. The van der Waals surface area contributed by atoms with Crippen LogP contribution in [0.4, 0.5) is 5.00 Å². The standard InChI is InChI=1S/C27H35N3O5S/c1-4-33-27(32)24-20-7-5-17(2)13-23(20)36-26(24)28-25(31)18(3)30-11-9-29(10-12-30)15-19-6-8-21-22(14-19)35-16-34-21/h6,8,14,17-18H,4-5,7,9-13,15-16H2,1-3H3,(H,28,31)/t17-,18+/m0/s1. The van der Waals surface area contributed by atoms with Crippen LogP contribution in [0.1, 0.15) is 53.6 Å². The van der Waals surface area contributed by atoms with E-state index < -0.39 is 0 Å². The molecule has 1 N–H and O–H groups in total. The summed E-state index contributed by atoms with van der Waals surface area (Å²) >= 11 is 1.54. The van der Waals surface area contributed by atoms with Gasteiger partial charge in [0.2, 0.25) is 12.7 Å². The molecule has 194 valence electrons. The highest BCUT2D eigenvalue weighted by atomic mass is 32.1. The minimum Gasteiger partial charge on any atom is -0.462 e. The van der Waals surface area contributed by atoms with Crippen molar-refractivity contribution in [1.82, 2.24) is 9.80 Å². The minimum absolute atomic E-state index is 0.0728. The van der Waals surface area contributed by atoms with Gasteiger partial charge >= 0.3 is 5.97 Å². The summed E-state index contributed by atoms with van der Waals surface area (Å²) in [4.78, 5) is 31.9. The Bertz CT molecular complexity index is 1120. The molecule has 3 heterocycles. The SMILES string of the molecule is CCOC(=O)c1c(NC(=O)[C@@H](C)N2CCN(Cc3ccc4c(c3)OCO4)CC2)sc2c1CC[C@H](C)C2. The van der Waals surface area contributed by atoms with Gasteiger partial charge in [0.25, 0.3) is 0 Å². The van der Waals surface area contributed by atoms with Gasteiger partial charge in [-0.05, 0) is 62.3 Å². The average molecular weight is 514 g/mol. The summed E-state index contributed by atoms with van der Waals surface area (Å²) in [5.74, 6) is 1.79. The normalized spacial score (nSPS) is 20.6. The van der Waals surface area contributed by atoms with Crippen molar-refractivity contribution in [2.75, 3.05) is 44.9 Å². The number of hydrogen-bond acceptors (Lipinski definition) is 8. The number of carbonyl (C=O) groups is 2. The molecular formula is C27H35N3O5S. The van der Waals surface area contributed by atoms with Crippen molar-refractivity contribution >= 4 is 28.2 Å². The smallest absolute Gasteiger partial charge is 0.341 e. The summed E-state index contributed by atoms with van der Waals surface area (Å²) in [5, 5.41) is 3.74. The molecule has 0 unspecified atom stereocenters. The highest BCUT2D eigenvalue weighted by molar-refractivity contribution is 7.17. The van der Waals surface area contributed by atoms with Crippen molar-refractivity contribution in [2.24, 2.45) is 5.92 Å². The maximum absolute atomic E-state index is 13.3. The second-order valence-corrected chi connectivity index (χ2v) is 11.0. The molecule has 1 aliphatic carbocycles. The van der Waals surface area contributed by atoms with Crippen molar-refractivity contribution < 1.29 is 23.8 Å². The Morgan fingerprint density at radius 1 is 1.19 bits per heavy atom. The zero-order valence-corrected chi connectivity index (χ0v) is 22.1. The van der Waals surface area contributed by atoms with E-state index in [4.69, 9.17) is 14.2 Å². The molecule has 3 aliphatic rings. The number of thiophene rings is 1. The summed E-state index contributed by atoms with van der Waals surface area (Å²) < 4.78 is 16.3. The molecule has 9 heteroatoms. The molecule has 2 aliphatic heterocycles. The van der Waals surface area contributed by atoms with Crippen molar-refractivity contribution in [1.29, 1.82) is 0 Å². The fraction of sp³-hybridized carbons (Fsp3) is 0.556. The molecule has 0 bridgehead atoms. The van der Waals surface area contributed by atoms with Crippen LogP contribution in [0.15, 0.2) is 18.2 Å². The minimum atomic E-state index is -0.329. The predicted molar refractivity (Wildman–Crippen MR) is 139 cm³/mol. The molecule has 0 spiro atoms. The quantitative estimate of drug-likeness (QED) is 0.562. The molecule has 0 radical (unpaired) electrons. The van der Waals surface area contributed by atoms with Gasteiger partial charge in [0.15, 0.2) is 11.5 Å². The largest absolute Gasteiger partial charge is 0.462 e. The topological polar surface area (TPSA) is 80.3 Å². The summed E-state index contributed by atoms with van der Waals surface area (Å²) in [6.45, 7) is 10.8. The van der Waals surface area contributed by atoms with Gasteiger partial charge in [-0.3, -0.25) is 14.6 Å². The fourth-order valence-corrected chi connectivity index (χ4v) is 6.65. The van der Waals surface area contributed by atoms with Crippen LogP contribution >= 0.6 is 11.3 Å². The van der Waals surface area contributed by atoms with E-state index in [-0.39, 0.29) is 24.7 Å². The predicted octanol–water partition coefficient (Wildman–Crippen LogP) is 3.92. The van der Waals surface area contributed by atoms with Crippen molar-refractivity contribution in [3.63, 3.8) is 0 Å². The Morgan fingerprint density at radius 2 is 1.97 bits per heavy atom. The van der Waals surface area contributed by atoms with Gasteiger partial charge in [-0.25, -0.2) is 4.79 Å². The van der Waals surface area contributed by atoms with Crippen LogP contribution in [0.2, 0.25) is 0 Å². The number of anilines is 1. The van der Waals surface area contributed by atoms with Gasteiger partial charge < -0.3 is 19.5 Å². The lowest BCUT2D eigenvalue weighted by Crippen LogP contribution is -2.52. The van der Waals surface area contributed by atoms with Gasteiger partial charge in [-0.15, -0.1) is 11.3 Å². The number of hydrogen-bond donors (Lipinski definition) is 1. The number of nitrogens with zero attached hydrogens (tertiary/aromatic N) is 2. The van der Waals surface area contributed by atoms with Crippen LogP contribution in [0, 0.1) is 5.92 Å². The van der Waals surface area contributed by atoms with Crippen LogP contribution in [-0.4, -0.2) is 67.3 Å². The maximum atomic E-state index is 13.3. The number of ether oxygens (including phenoxy) is 3. The van der Waals surface area contributed by atoms with Crippen molar-refractivity contribution in [3.8, 4) is 11.5 Å². The number of piperazine rings is 1. The molecule has 2 atom stereocenters. The van der Waals surface area contributed by atoms with Gasteiger partial charge in [0.1, 0.15) is 5.00 Å². The van der Waals surface area contributed by atoms with Gasteiger partial charge in [0, 0.05) is 37.6 Å². The zero-order valence-electron chi connectivity index (χ0n) is 21.3. The second-order valence-electron chi connectivity index (χ2n) is 9.94. The first-order valence-electron chi connectivity index (χ1n) is 12.9. The first kappa shape index (κ1) is 25.0. The zero-order chi connectivity index (χ0) is 25.2. The van der Waals surface area contributed by atoms with Crippen molar-refractivity contribution in [3.05, 3.63) is 39.8 Å². The van der Waals surface area contributed by atoms with Gasteiger partial charge in [0.05, 0.1) is 18.2 Å². The highest BCUT2D eigenvalue weighted by Crippen LogP contribution is 2.40. The molecule has 1 amide bonds. The molecule has 1 aromatic heterocycles. The first-order chi connectivity index (χ1) is 17.4. The lowest BCUT2D eigenvalue weighted by atomic mass is 9.88. The lowest BCUT2D eigenvalue weighted by Gasteiger charge is -2.37. The summed E-state index contributed by atoms with van der Waals surface area (Å²) in [7, 11) is 0. The van der Waals surface area contributed by atoms with E-state index in [2.05, 4.69) is 28.1 Å². The summed E-state index contributed by atoms with van der Waals surface area (Å²) in [6.07, 6.45) is 2.86. The molecule has 2 aromatic rings. The number of rotatable bonds is 7. The molecule has 1 saturated heterocycles. The van der Waals surface area contributed by atoms with Gasteiger partial charge in [-0.1, -0.05) is 13.0 Å². The van der Waals surface area contributed by atoms with E-state index >= 15 is 0 Å². The number of fused-ring (bicyclic) bond motifs is 2. The van der Waals surface area contributed by atoms with E-state index in [0.717, 1.165) is 69.0 Å². The molecule has 0 saturated carbocycles. The molecule has 8 nitrogen and oxygen atoms in total. The Labute approximate surface area is 216 Å². The third-order valence-corrected chi connectivity index (χ3v) is 8.57. The third-order valence-electron chi connectivity index (χ3n) is 7.41. The van der Waals surface area contributed by atoms with E-state index in [1.807, 2.05) is 26.0 Å². The molecule has 1 aromatic carbocycles. The summed E-state index contributed by atoms with van der Waals surface area (Å²) in [5.41, 5.74) is 2.83. The number of esters is 1. The number of benzene rings is 1. The molecule has 36 heavy (non-hydrogen) atoms. The van der Waals surface area contributed by atoms with Crippen LogP contribution in [0.5, 0.6) is 11.5 Å². The van der Waals surface area contributed by atoms with Crippen LogP contribution in [-0.2, 0) is 28.9 Å². The second kappa shape index (κ2) is 10.8. The Morgan fingerprint density at radius 3 is 2.75 bits per heavy atom. The molecule has 1 fully saturated rings. The third kappa shape index (κ3) is 5.23. The Hall–Kier alpha value is -2.62. The maximum Gasteiger partial charge on any atom is 0.341 e. The Kier molecular flexibility index (Phi) is 7.50. The van der Waals surface area contributed by atoms with E-state index in [0.29, 0.717) is 23.1 Å². The fourth-order valence-electron chi connectivity index (χ4n) is 5.25. The number of carbonyl (C=O) groups excluding carboxylic acids is 2. The molecule has 5 rings (SSSR count). The van der Waals surface area contributed by atoms with E-state index in [9.17, 15) is 9.59 Å². The van der Waals surface area contributed by atoms with Crippen LogP contribution in [0.3, 0.4) is 0 Å². The monoisotopic (exact) mass is 513 g/mol. The van der Waals surface area contributed by atoms with Crippen LogP contribution in [0.25, 0.3) is 0 Å². The number of nitrogens with one attached hydrogen (secondary N) is 1. The lowest BCUT2D eigenvalue weighted by molar-refractivity contribution is -0.121. The summed E-state index contributed by atoms with van der Waals surface area (Å²) in [6, 6.07) is 5.81. The average Bonchev–Trinajstić information content (AvgIpc) is 3.47. The van der Waals surface area contributed by atoms with E-state index in [1.54, 1.807) is 11.3 Å². The Balaban J connectivity index is 1.20. The van der Waals surface area contributed by atoms with Gasteiger partial charge in [-0.2, -0.15) is 0 Å². The first-order valence-corrected chi connectivity index (χ1v) is 13.7. The van der Waals surface area contributed by atoms with Crippen LogP contribution < -0.4 is 14.8 Å². The van der Waals surface area contributed by atoms with Crippen molar-refractivity contribution in [2.45, 2.75) is 52.6 Å².